The lowest BCUT2D eigenvalue weighted by molar-refractivity contribution is -0.199. The minimum Gasteiger partial charge on any atom is -0.383 e. The highest BCUT2D eigenvalue weighted by molar-refractivity contribution is 5.79. The van der Waals surface area contributed by atoms with Gasteiger partial charge in [-0.15, -0.1) is 0 Å². The van der Waals surface area contributed by atoms with Gasteiger partial charge in [-0.2, -0.15) is 23.2 Å². The van der Waals surface area contributed by atoms with Crippen LogP contribution in [0.15, 0.2) is 36.8 Å². The molecule has 3 aromatic heterocycles. The summed E-state index contributed by atoms with van der Waals surface area (Å²) < 4.78 is 45.3. The molecule has 1 saturated heterocycles. The van der Waals surface area contributed by atoms with Gasteiger partial charge in [0.05, 0.1) is 23.6 Å². The predicted molar refractivity (Wildman–Crippen MR) is 131 cm³/mol. The number of carbonyl (C=O) groups excluding carboxylic acids is 1. The number of nitriles is 1. The zero-order valence-corrected chi connectivity index (χ0v) is 20.7. The first-order valence-corrected chi connectivity index (χ1v) is 11.6. The maximum Gasteiger partial charge on any atom is 0.493 e. The molecule has 4 heterocycles. The second kappa shape index (κ2) is 11.4. The van der Waals surface area contributed by atoms with Gasteiger partial charge in [-0.05, 0) is 18.2 Å². The number of methoxy groups -OCH3 is 1. The van der Waals surface area contributed by atoms with E-state index in [-0.39, 0.29) is 17.1 Å². The molecule has 0 unspecified atom stereocenters. The van der Waals surface area contributed by atoms with Crippen LogP contribution in [0.5, 0.6) is 0 Å². The Morgan fingerprint density at radius 2 is 1.89 bits per heavy atom. The molecule has 1 aliphatic rings. The number of hydrogen-bond donors (Lipinski definition) is 1. The van der Waals surface area contributed by atoms with Crippen molar-refractivity contribution in [3.05, 3.63) is 42.4 Å². The van der Waals surface area contributed by atoms with Crippen molar-refractivity contribution in [1.29, 1.82) is 5.26 Å². The van der Waals surface area contributed by atoms with E-state index in [1.807, 2.05) is 18.0 Å². The largest absolute Gasteiger partial charge is 0.493 e. The summed E-state index contributed by atoms with van der Waals surface area (Å²) in [5.41, 5.74) is 1.54. The summed E-state index contributed by atoms with van der Waals surface area (Å²) in [5, 5.41) is 12.9. The van der Waals surface area contributed by atoms with Crippen molar-refractivity contribution in [2.24, 2.45) is 0 Å². The number of halogens is 3. The second-order valence-electron chi connectivity index (χ2n) is 8.40. The Bertz CT molecular complexity index is 1310. The Kier molecular flexibility index (Phi) is 8.08. The summed E-state index contributed by atoms with van der Waals surface area (Å²) in [5.74, 6) is -1.84. The SMILES string of the molecule is COCCN(C)c1ncc(-c2cc(-c3cc(C#N)c(N4CCNCC4)n3OC(=O)C(F)(F)F)ccn2)cn1. The Morgan fingerprint density at radius 3 is 2.53 bits per heavy atom. The van der Waals surface area contributed by atoms with E-state index in [1.54, 1.807) is 36.5 Å². The van der Waals surface area contributed by atoms with Crippen LogP contribution in [0.1, 0.15) is 5.56 Å². The van der Waals surface area contributed by atoms with Gasteiger partial charge in [0.2, 0.25) is 5.95 Å². The summed E-state index contributed by atoms with van der Waals surface area (Å²) in [6.45, 7) is 3.01. The quantitative estimate of drug-likeness (QED) is 0.462. The molecule has 0 aromatic carbocycles. The van der Waals surface area contributed by atoms with E-state index in [4.69, 9.17) is 9.57 Å². The molecule has 14 heteroatoms. The number of ether oxygens (including phenoxy) is 1. The van der Waals surface area contributed by atoms with Gasteiger partial charge in [0.15, 0.2) is 5.82 Å². The molecule has 38 heavy (non-hydrogen) atoms. The lowest BCUT2D eigenvalue weighted by Gasteiger charge is -2.30. The molecular weight excluding hydrogens is 505 g/mol. The molecule has 1 N–H and O–H groups in total. The van der Waals surface area contributed by atoms with Crippen molar-refractivity contribution in [3.63, 3.8) is 0 Å². The van der Waals surface area contributed by atoms with E-state index in [2.05, 4.69) is 20.3 Å². The first-order valence-electron chi connectivity index (χ1n) is 11.6. The highest BCUT2D eigenvalue weighted by atomic mass is 19.4. The number of nitrogens with one attached hydrogen (secondary N) is 1. The molecule has 0 bridgehead atoms. The first kappa shape index (κ1) is 26.8. The number of hydrogen-bond acceptors (Lipinski definition) is 10. The molecule has 0 radical (unpaired) electrons. The van der Waals surface area contributed by atoms with Crippen LogP contribution in [0.4, 0.5) is 24.9 Å². The van der Waals surface area contributed by atoms with Crippen LogP contribution in [0.2, 0.25) is 0 Å². The molecule has 1 aliphatic heterocycles. The normalized spacial score (nSPS) is 13.7. The molecule has 11 nitrogen and oxygen atoms in total. The fraction of sp³-hybridized carbons (Fsp3) is 0.375. The molecular formula is C24H25F3N8O3. The Labute approximate surface area is 216 Å². The van der Waals surface area contributed by atoms with Crippen LogP contribution in [-0.4, -0.2) is 85.3 Å². The van der Waals surface area contributed by atoms with Gasteiger partial charge >= 0.3 is 12.1 Å². The van der Waals surface area contributed by atoms with Gasteiger partial charge in [-0.25, -0.2) is 14.8 Å². The zero-order chi connectivity index (χ0) is 27.3. The smallest absolute Gasteiger partial charge is 0.383 e. The number of nitrogens with zero attached hydrogens (tertiary/aromatic N) is 7. The van der Waals surface area contributed by atoms with Crippen molar-refractivity contribution in [2.45, 2.75) is 6.18 Å². The van der Waals surface area contributed by atoms with Gasteiger partial charge in [0, 0.05) is 76.6 Å². The standard InChI is InChI=1S/C24H25F3N8O3/c1-33(9-10-37-2)23-31-14-18(15-32-23)19-11-16(3-4-30-19)20-12-17(13-28)21(34-7-5-29-6-8-34)35(20)38-22(36)24(25,26)27/h3-4,11-12,14-15,29H,5-10H2,1-2H3. The number of anilines is 2. The minimum atomic E-state index is -5.23. The van der Waals surface area contributed by atoms with Crippen LogP contribution in [-0.2, 0) is 9.53 Å². The summed E-state index contributed by atoms with van der Waals surface area (Å²) >= 11 is 0. The third-order valence-corrected chi connectivity index (χ3v) is 5.84. The average Bonchev–Trinajstić information content (AvgIpc) is 3.30. The number of rotatable bonds is 8. The third kappa shape index (κ3) is 5.84. The second-order valence-corrected chi connectivity index (χ2v) is 8.40. The minimum absolute atomic E-state index is 0.0713. The number of alkyl halides is 3. The number of piperazine rings is 1. The molecule has 0 atom stereocenters. The highest BCUT2D eigenvalue weighted by Gasteiger charge is 2.43. The maximum atomic E-state index is 13.2. The van der Waals surface area contributed by atoms with E-state index in [9.17, 15) is 23.2 Å². The molecule has 0 amide bonds. The van der Waals surface area contributed by atoms with Crippen LogP contribution in [0, 0.1) is 11.3 Å². The van der Waals surface area contributed by atoms with E-state index in [0.717, 1.165) is 4.73 Å². The molecule has 0 spiro atoms. The van der Waals surface area contributed by atoms with Crippen molar-refractivity contribution < 1.29 is 27.5 Å². The topological polar surface area (TPSA) is 121 Å². The van der Waals surface area contributed by atoms with Crippen LogP contribution in [0.3, 0.4) is 0 Å². The number of aromatic nitrogens is 4. The van der Waals surface area contributed by atoms with Gasteiger partial charge in [0.1, 0.15) is 6.07 Å². The van der Waals surface area contributed by atoms with Crippen LogP contribution >= 0.6 is 0 Å². The lowest BCUT2D eigenvalue weighted by Crippen LogP contribution is -2.45. The number of pyridine rings is 1. The average molecular weight is 531 g/mol. The maximum absolute atomic E-state index is 13.2. The van der Waals surface area contributed by atoms with E-state index in [0.29, 0.717) is 62.1 Å². The van der Waals surface area contributed by atoms with Gasteiger partial charge in [0.25, 0.3) is 0 Å². The monoisotopic (exact) mass is 530 g/mol. The van der Waals surface area contributed by atoms with E-state index >= 15 is 0 Å². The van der Waals surface area contributed by atoms with E-state index in [1.165, 1.54) is 12.3 Å². The summed E-state index contributed by atoms with van der Waals surface area (Å²) in [7, 11) is 3.43. The Balaban J connectivity index is 1.74. The zero-order valence-electron chi connectivity index (χ0n) is 20.7. The molecule has 0 saturated carbocycles. The third-order valence-electron chi connectivity index (χ3n) is 5.84. The van der Waals surface area contributed by atoms with Gasteiger partial charge in [-0.3, -0.25) is 4.98 Å². The Hall–Kier alpha value is -4.22. The molecule has 200 valence electrons. The van der Waals surface area contributed by atoms with Crippen molar-refractivity contribution >= 4 is 17.7 Å². The fourth-order valence-corrected chi connectivity index (χ4v) is 3.90. The molecule has 0 aliphatic carbocycles. The fourth-order valence-electron chi connectivity index (χ4n) is 3.90. The predicted octanol–water partition coefficient (Wildman–Crippen LogP) is 1.89. The summed E-state index contributed by atoms with van der Waals surface area (Å²) in [6.07, 6.45) is -0.614. The van der Waals surface area contributed by atoms with Crippen LogP contribution in [0.25, 0.3) is 22.5 Å². The molecule has 4 rings (SSSR count). The highest BCUT2D eigenvalue weighted by Crippen LogP contribution is 2.33. The van der Waals surface area contributed by atoms with Crippen LogP contribution < -0.4 is 20.0 Å². The van der Waals surface area contributed by atoms with Gasteiger partial charge in [-0.1, -0.05) is 0 Å². The summed E-state index contributed by atoms with van der Waals surface area (Å²) in [6, 6.07) is 6.55. The van der Waals surface area contributed by atoms with Crippen molar-refractivity contribution in [2.75, 3.05) is 63.3 Å². The number of likely N-dealkylation sites (N-methyl/N-ethyl adjacent to an activating group) is 1. The summed E-state index contributed by atoms with van der Waals surface area (Å²) in [4.78, 5) is 33.3. The molecule has 1 fully saturated rings. The van der Waals surface area contributed by atoms with Crippen molar-refractivity contribution in [3.8, 4) is 28.6 Å². The molecule has 3 aromatic rings. The van der Waals surface area contributed by atoms with E-state index < -0.39 is 12.1 Å². The van der Waals surface area contributed by atoms with Crippen molar-refractivity contribution in [1.82, 2.24) is 25.0 Å². The Morgan fingerprint density at radius 1 is 1.18 bits per heavy atom. The first-order chi connectivity index (χ1) is 18.2. The van der Waals surface area contributed by atoms with Gasteiger partial charge < -0.3 is 24.7 Å². The lowest BCUT2D eigenvalue weighted by atomic mass is 10.1. The number of carbonyl (C=O) groups is 1.